The van der Waals surface area contributed by atoms with E-state index in [0.29, 0.717) is 0 Å². The van der Waals surface area contributed by atoms with Crippen LogP contribution in [0.15, 0.2) is 194 Å². The zero-order valence-corrected chi connectivity index (χ0v) is 30.0. The molecule has 0 heteroatoms. The average molecular weight is 687 g/mol. The minimum absolute atomic E-state index is 0.988. The molecule has 0 saturated carbocycles. The highest BCUT2D eigenvalue weighted by molar-refractivity contribution is 5.96. The molecule has 0 saturated heterocycles. The maximum atomic E-state index is 2.34. The first-order chi connectivity index (χ1) is 26.7. The highest BCUT2D eigenvalue weighted by Gasteiger charge is 2.20. The Balaban J connectivity index is 0.851. The van der Waals surface area contributed by atoms with Crippen LogP contribution >= 0.6 is 0 Å². The Morgan fingerprint density at radius 2 is 0.463 bits per heavy atom. The van der Waals surface area contributed by atoms with E-state index in [0.717, 1.165) is 12.8 Å². The number of rotatable bonds is 5. The van der Waals surface area contributed by atoms with Crippen molar-refractivity contribution in [3.8, 4) is 33.4 Å². The van der Waals surface area contributed by atoms with Gasteiger partial charge >= 0.3 is 0 Å². The van der Waals surface area contributed by atoms with E-state index in [1.807, 2.05) is 0 Å². The summed E-state index contributed by atoms with van der Waals surface area (Å²) in [6.07, 6.45) is 6.66. The first-order valence-corrected chi connectivity index (χ1v) is 18.9. The SMILES string of the molecule is C(=C1c2ccccc2Cc2ccccc21)c1ccc(-c2ccc(-c3ccc(-c4ccc(C=C5c6ccccc6Cc6ccccc65)cc4)cc3)cc2)cc1. The van der Waals surface area contributed by atoms with Crippen molar-refractivity contribution in [2.75, 3.05) is 0 Å². The van der Waals surface area contributed by atoms with Gasteiger partial charge in [0, 0.05) is 0 Å². The standard InChI is InChI=1S/C54H38/c1-5-13-49-45(9-1)35-46-10-2-6-14-50(46)53(49)33-37-17-21-39(22-18-37)41-25-29-43(30-26-41)44-31-27-42(28-32-44)40-23-19-38(20-24-40)34-54-51-15-7-3-11-47(51)36-48-12-4-8-16-52(48)54/h1-34H,35-36H2. The van der Waals surface area contributed by atoms with Crippen LogP contribution in [0.25, 0.3) is 56.7 Å². The highest BCUT2D eigenvalue weighted by atomic mass is 14.2. The normalized spacial score (nSPS) is 12.6. The molecule has 0 N–H and O–H groups in total. The molecular weight excluding hydrogens is 649 g/mol. The monoisotopic (exact) mass is 686 g/mol. The van der Waals surface area contributed by atoms with Crippen LogP contribution in [0, 0.1) is 0 Å². The third-order valence-corrected chi connectivity index (χ3v) is 11.2. The molecule has 10 rings (SSSR count). The summed E-state index contributed by atoms with van der Waals surface area (Å²) in [7, 11) is 0. The minimum Gasteiger partial charge on any atom is -0.0619 e. The van der Waals surface area contributed by atoms with Gasteiger partial charge in [0.2, 0.25) is 0 Å². The van der Waals surface area contributed by atoms with Crippen LogP contribution in [0.3, 0.4) is 0 Å². The molecule has 0 radical (unpaired) electrons. The van der Waals surface area contributed by atoms with Gasteiger partial charge in [-0.15, -0.1) is 0 Å². The number of benzene rings is 8. The van der Waals surface area contributed by atoms with Gasteiger partial charge in [0.05, 0.1) is 0 Å². The Bertz CT molecular complexity index is 2420. The summed E-state index contributed by atoms with van der Waals surface area (Å²) >= 11 is 0. The van der Waals surface area contributed by atoms with Crippen LogP contribution < -0.4 is 0 Å². The van der Waals surface area contributed by atoms with Crippen molar-refractivity contribution in [2.45, 2.75) is 12.8 Å². The summed E-state index contributed by atoms with van der Waals surface area (Å²) in [5.41, 5.74) is 23.3. The van der Waals surface area contributed by atoms with Crippen molar-refractivity contribution >= 4 is 23.3 Å². The molecule has 0 aromatic heterocycles. The molecule has 0 spiro atoms. The Kier molecular flexibility index (Phi) is 8.08. The second-order valence-electron chi connectivity index (χ2n) is 14.5. The molecule has 8 aromatic rings. The molecule has 0 heterocycles. The molecule has 0 atom stereocenters. The zero-order chi connectivity index (χ0) is 35.8. The van der Waals surface area contributed by atoms with Crippen molar-refractivity contribution in [1.29, 1.82) is 0 Å². The van der Waals surface area contributed by atoms with Gasteiger partial charge < -0.3 is 0 Å². The molecule has 0 amide bonds. The molecule has 2 aliphatic carbocycles. The van der Waals surface area contributed by atoms with Crippen LogP contribution in [-0.4, -0.2) is 0 Å². The van der Waals surface area contributed by atoms with E-state index in [4.69, 9.17) is 0 Å². The molecule has 0 aliphatic heterocycles. The number of fused-ring (bicyclic) bond motifs is 4. The van der Waals surface area contributed by atoms with E-state index < -0.39 is 0 Å². The summed E-state index contributed by atoms with van der Waals surface area (Å²) in [5, 5.41) is 0. The van der Waals surface area contributed by atoms with Crippen molar-refractivity contribution in [3.05, 3.63) is 250 Å². The Hall–Kier alpha value is -6.76. The van der Waals surface area contributed by atoms with Gasteiger partial charge in [-0.1, -0.05) is 194 Å². The molecule has 0 unspecified atom stereocenters. The number of hydrogen-bond donors (Lipinski definition) is 0. The van der Waals surface area contributed by atoms with Gasteiger partial charge in [0.1, 0.15) is 0 Å². The lowest BCUT2D eigenvalue weighted by atomic mass is 9.81. The fourth-order valence-corrected chi connectivity index (χ4v) is 8.35. The van der Waals surface area contributed by atoms with Crippen LogP contribution in [0.4, 0.5) is 0 Å². The summed E-state index contributed by atoms with van der Waals surface area (Å²) in [4.78, 5) is 0. The zero-order valence-electron chi connectivity index (χ0n) is 30.0. The fraction of sp³-hybridized carbons (Fsp3) is 0.0370. The lowest BCUT2D eigenvalue weighted by Gasteiger charge is -2.22. The van der Waals surface area contributed by atoms with Crippen molar-refractivity contribution in [2.24, 2.45) is 0 Å². The summed E-state index contributed by atoms with van der Waals surface area (Å²) in [6.45, 7) is 0. The molecule has 8 aromatic carbocycles. The van der Waals surface area contributed by atoms with Gasteiger partial charge in [0.25, 0.3) is 0 Å². The van der Waals surface area contributed by atoms with E-state index in [9.17, 15) is 0 Å². The topological polar surface area (TPSA) is 0 Å². The lowest BCUT2D eigenvalue weighted by Crippen LogP contribution is -2.06. The summed E-state index contributed by atoms with van der Waals surface area (Å²) < 4.78 is 0. The van der Waals surface area contributed by atoms with Crippen LogP contribution in [-0.2, 0) is 12.8 Å². The smallest absolute Gasteiger partial charge is 0.00135 e. The van der Waals surface area contributed by atoms with Gasteiger partial charge in [-0.25, -0.2) is 0 Å². The second-order valence-corrected chi connectivity index (χ2v) is 14.5. The number of hydrogen-bond acceptors (Lipinski definition) is 0. The predicted molar refractivity (Wildman–Crippen MR) is 228 cm³/mol. The van der Waals surface area contributed by atoms with E-state index in [-0.39, 0.29) is 0 Å². The highest BCUT2D eigenvalue weighted by Crippen LogP contribution is 2.39. The Morgan fingerprint density at radius 1 is 0.241 bits per heavy atom. The second kappa shape index (κ2) is 13.7. The third-order valence-electron chi connectivity index (χ3n) is 11.2. The molecule has 0 nitrogen and oxygen atoms in total. The Labute approximate surface area is 318 Å². The molecular formula is C54H38. The van der Waals surface area contributed by atoms with Crippen LogP contribution in [0.5, 0.6) is 0 Å². The van der Waals surface area contributed by atoms with Gasteiger partial charge in [0.15, 0.2) is 0 Å². The molecule has 254 valence electrons. The van der Waals surface area contributed by atoms with E-state index >= 15 is 0 Å². The van der Waals surface area contributed by atoms with E-state index in [1.54, 1.807) is 0 Å². The lowest BCUT2D eigenvalue weighted by molar-refractivity contribution is 1.14. The Morgan fingerprint density at radius 3 is 0.722 bits per heavy atom. The van der Waals surface area contributed by atoms with Crippen molar-refractivity contribution in [3.63, 3.8) is 0 Å². The molecule has 2 aliphatic rings. The van der Waals surface area contributed by atoms with Gasteiger partial charge in [-0.2, -0.15) is 0 Å². The van der Waals surface area contributed by atoms with Gasteiger partial charge in [-0.05, 0) is 125 Å². The fourth-order valence-electron chi connectivity index (χ4n) is 8.35. The van der Waals surface area contributed by atoms with E-state index in [2.05, 4.69) is 206 Å². The van der Waals surface area contributed by atoms with E-state index in [1.165, 1.54) is 100 Å². The average Bonchev–Trinajstić information content (AvgIpc) is 3.24. The van der Waals surface area contributed by atoms with Crippen LogP contribution in [0.1, 0.15) is 55.6 Å². The minimum atomic E-state index is 0.988. The third kappa shape index (κ3) is 6.02. The first-order valence-electron chi connectivity index (χ1n) is 18.9. The largest absolute Gasteiger partial charge is 0.0619 e. The van der Waals surface area contributed by atoms with Crippen molar-refractivity contribution < 1.29 is 0 Å². The first kappa shape index (κ1) is 31.9. The molecule has 0 bridgehead atoms. The maximum absolute atomic E-state index is 2.34. The quantitative estimate of drug-likeness (QED) is 0.169. The summed E-state index contributed by atoms with van der Waals surface area (Å²) in [6, 6.07) is 71.1. The van der Waals surface area contributed by atoms with Crippen molar-refractivity contribution in [1.82, 2.24) is 0 Å². The maximum Gasteiger partial charge on any atom is -0.00135 e. The predicted octanol–water partition coefficient (Wildman–Crippen LogP) is 13.7. The summed E-state index contributed by atoms with van der Waals surface area (Å²) in [5.74, 6) is 0. The van der Waals surface area contributed by atoms with Gasteiger partial charge in [-0.3, -0.25) is 0 Å². The molecule has 54 heavy (non-hydrogen) atoms. The molecule has 0 fully saturated rings. The van der Waals surface area contributed by atoms with Crippen LogP contribution in [0.2, 0.25) is 0 Å².